The van der Waals surface area contributed by atoms with E-state index < -0.39 is 42.3 Å². The zero-order valence-corrected chi connectivity index (χ0v) is 21.8. The first-order valence-corrected chi connectivity index (χ1v) is 12.6. The normalized spacial score (nSPS) is 19.8. The molecule has 1 heterocycles. The van der Waals surface area contributed by atoms with Gasteiger partial charge in [-0.05, 0) is 30.7 Å². The van der Waals surface area contributed by atoms with Gasteiger partial charge in [0.25, 0.3) is 0 Å². The molecule has 4 N–H and O–H groups in total. The summed E-state index contributed by atoms with van der Waals surface area (Å²) < 4.78 is 10.5. The van der Waals surface area contributed by atoms with Gasteiger partial charge in [0, 0.05) is 13.7 Å². The molecule has 1 aromatic carbocycles. The number of nitrogens with one attached hydrogen (secondary N) is 1. The lowest BCUT2D eigenvalue weighted by Crippen LogP contribution is -2.51. The Bertz CT molecular complexity index is 892. The Kier molecular flexibility index (Phi) is 12.7. The summed E-state index contributed by atoms with van der Waals surface area (Å²) in [6, 6.07) is 8.38. The Hall–Kier alpha value is -2.79. The van der Waals surface area contributed by atoms with Gasteiger partial charge in [-0.15, -0.1) is 0 Å². The van der Waals surface area contributed by atoms with Crippen LogP contribution in [0.2, 0.25) is 0 Å². The van der Waals surface area contributed by atoms with Crippen LogP contribution in [0.15, 0.2) is 42.5 Å². The first-order valence-electron chi connectivity index (χ1n) is 12.6. The summed E-state index contributed by atoms with van der Waals surface area (Å²) in [5.74, 6) is -1.33. The van der Waals surface area contributed by atoms with Crippen molar-refractivity contribution in [3.05, 3.63) is 48.0 Å². The highest BCUT2D eigenvalue weighted by Crippen LogP contribution is 2.16. The topological polar surface area (TPSA) is 146 Å². The third-order valence-electron chi connectivity index (χ3n) is 6.14. The maximum Gasteiger partial charge on any atom is 0.325 e. The molecule has 2 amide bonds. The Morgan fingerprint density at radius 2 is 1.81 bits per heavy atom. The fraction of sp³-hybridized carbons (Fsp3) is 0.593. The van der Waals surface area contributed by atoms with Crippen LogP contribution in [0.1, 0.15) is 45.1 Å². The molecule has 0 spiro atoms. The number of aliphatic hydroxyl groups excluding tert-OH is 3. The number of hydrogen-bond acceptors (Lipinski definition) is 8. The van der Waals surface area contributed by atoms with Crippen LogP contribution in [0.3, 0.4) is 0 Å². The largest absolute Gasteiger partial charge is 0.459 e. The summed E-state index contributed by atoms with van der Waals surface area (Å²) in [4.78, 5) is 39.5. The molecule has 5 atom stereocenters. The summed E-state index contributed by atoms with van der Waals surface area (Å²) in [5, 5.41) is 33.5. The molecular weight excluding hydrogens is 480 g/mol. The summed E-state index contributed by atoms with van der Waals surface area (Å²) in [6.07, 6.45) is -1.05. The van der Waals surface area contributed by atoms with Gasteiger partial charge in [0.2, 0.25) is 11.8 Å². The van der Waals surface area contributed by atoms with Crippen molar-refractivity contribution in [3.63, 3.8) is 0 Å². The van der Waals surface area contributed by atoms with Crippen LogP contribution in [0.25, 0.3) is 0 Å². The summed E-state index contributed by atoms with van der Waals surface area (Å²) in [5.41, 5.74) is 0.839. The highest BCUT2D eigenvalue weighted by atomic mass is 16.5. The second-order valence-corrected chi connectivity index (χ2v) is 9.60. The SMILES string of the molecule is CO[C@@H](CC(=O)N[C@H]1CCCCN(CC(=O)OCc2ccccc2)C1=O)[C@H](O)[C@@H](O)[C@H](O)/C=C/C(C)C. The Balaban J connectivity index is 1.91. The van der Waals surface area contributed by atoms with Gasteiger partial charge >= 0.3 is 5.97 Å². The molecule has 37 heavy (non-hydrogen) atoms. The van der Waals surface area contributed by atoms with E-state index in [4.69, 9.17) is 9.47 Å². The molecule has 1 aliphatic heterocycles. The number of hydrogen-bond donors (Lipinski definition) is 4. The van der Waals surface area contributed by atoms with Crippen LogP contribution in [-0.2, 0) is 30.5 Å². The molecule has 10 nitrogen and oxygen atoms in total. The van der Waals surface area contributed by atoms with E-state index in [0.29, 0.717) is 25.8 Å². The molecule has 1 aromatic rings. The van der Waals surface area contributed by atoms with Gasteiger partial charge in [0.1, 0.15) is 37.5 Å². The zero-order valence-electron chi connectivity index (χ0n) is 21.8. The van der Waals surface area contributed by atoms with E-state index in [1.54, 1.807) is 6.08 Å². The monoisotopic (exact) mass is 520 g/mol. The van der Waals surface area contributed by atoms with Crippen LogP contribution >= 0.6 is 0 Å². The molecule has 0 unspecified atom stereocenters. The van der Waals surface area contributed by atoms with Crippen molar-refractivity contribution < 1.29 is 39.2 Å². The van der Waals surface area contributed by atoms with Gasteiger partial charge in [0.05, 0.1) is 12.5 Å². The first-order chi connectivity index (χ1) is 17.6. The van der Waals surface area contributed by atoms with Crippen molar-refractivity contribution in [2.75, 3.05) is 20.2 Å². The molecule has 0 saturated carbocycles. The third-order valence-corrected chi connectivity index (χ3v) is 6.14. The van der Waals surface area contributed by atoms with Crippen molar-refractivity contribution in [2.45, 2.75) is 76.6 Å². The fourth-order valence-corrected chi connectivity index (χ4v) is 3.99. The molecule has 0 bridgehead atoms. The number of carbonyl (C=O) groups excluding carboxylic acids is 3. The standard InChI is InChI=1S/C27H40N2O8/c1-18(2)12-13-21(30)25(33)26(34)22(36-3)15-23(31)28-20-11-7-8-14-29(27(20)35)16-24(32)37-17-19-9-5-4-6-10-19/h4-6,9-10,12-13,18,20-22,25-26,30,33-34H,7-8,11,14-17H2,1-3H3,(H,28,31)/b13-12+/t20-,21+,22-,25-,26-/m0/s1. The number of allylic oxidation sites excluding steroid dienone is 1. The predicted octanol–water partition coefficient (Wildman–Crippen LogP) is 0.927. The third kappa shape index (κ3) is 10.2. The minimum absolute atomic E-state index is 0.108. The molecular formula is C27H40N2O8. The van der Waals surface area contributed by atoms with E-state index in [-0.39, 0.29) is 31.4 Å². The molecule has 206 valence electrons. The van der Waals surface area contributed by atoms with E-state index in [1.165, 1.54) is 18.1 Å². The smallest absolute Gasteiger partial charge is 0.325 e. The van der Waals surface area contributed by atoms with Crippen LogP contribution in [0, 0.1) is 5.92 Å². The van der Waals surface area contributed by atoms with Gasteiger partial charge in [-0.25, -0.2) is 0 Å². The molecule has 1 fully saturated rings. The van der Waals surface area contributed by atoms with E-state index in [9.17, 15) is 29.7 Å². The number of esters is 1. The number of likely N-dealkylation sites (tertiary alicyclic amines) is 1. The van der Waals surface area contributed by atoms with Crippen molar-refractivity contribution in [1.82, 2.24) is 10.2 Å². The van der Waals surface area contributed by atoms with Crippen LogP contribution in [0.5, 0.6) is 0 Å². The molecule has 10 heteroatoms. The first kappa shape index (κ1) is 30.4. The zero-order chi connectivity index (χ0) is 27.4. The summed E-state index contributed by atoms with van der Waals surface area (Å²) in [6.45, 7) is 4.07. The van der Waals surface area contributed by atoms with Gasteiger partial charge in [-0.2, -0.15) is 0 Å². The Labute approximate surface area is 218 Å². The number of aliphatic hydroxyl groups is 3. The second kappa shape index (κ2) is 15.5. The number of nitrogens with zero attached hydrogens (tertiary/aromatic N) is 1. The fourth-order valence-electron chi connectivity index (χ4n) is 3.99. The molecule has 0 aliphatic carbocycles. The van der Waals surface area contributed by atoms with E-state index >= 15 is 0 Å². The van der Waals surface area contributed by atoms with Crippen molar-refractivity contribution in [2.24, 2.45) is 5.92 Å². The van der Waals surface area contributed by atoms with Crippen LogP contribution in [0.4, 0.5) is 0 Å². The van der Waals surface area contributed by atoms with E-state index in [0.717, 1.165) is 5.56 Å². The number of carbonyl (C=O) groups is 3. The maximum absolute atomic E-state index is 13.0. The average Bonchev–Trinajstić information content (AvgIpc) is 3.05. The minimum atomic E-state index is -1.57. The highest BCUT2D eigenvalue weighted by molar-refractivity contribution is 5.90. The van der Waals surface area contributed by atoms with Crippen molar-refractivity contribution >= 4 is 17.8 Å². The van der Waals surface area contributed by atoms with E-state index in [2.05, 4.69) is 5.32 Å². The van der Waals surface area contributed by atoms with Gasteiger partial charge in [-0.3, -0.25) is 14.4 Å². The van der Waals surface area contributed by atoms with Gasteiger partial charge in [0.15, 0.2) is 0 Å². The number of ether oxygens (including phenoxy) is 2. The molecule has 0 aromatic heterocycles. The molecule has 1 saturated heterocycles. The van der Waals surface area contributed by atoms with Crippen LogP contribution < -0.4 is 5.32 Å². The number of benzene rings is 1. The number of amides is 2. The maximum atomic E-state index is 13.0. The van der Waals surface area contributed by atoms with Crippen LogP contribution in [-0.4, -0.2) is 88.7 Å². The molecule has 1 aliphatic rings. The number of methoxy groups -OCH3 is 1. The van der Waals surface area contributed by atoms with E-state index in [1.807, 2.05) is 44.2 Å². The van der Waals surface area contributed by atoms with Crippen molar-refractivity contribution in [1.29, 1.82) is 0 Å². The highest BCUT2D eigenvalue weighted by Gasteiger charge is 2.34. The molecule has 0 radical (unpaired) electrons. The molecule has 2 rings (SSSR count). The van der Waals surface area contributed by atoms with Gasteiger partial charge < -0.3 is 35.0 Å². The summed E-state index contributed by atoms with van der Waals surface area (Å²) in [7, 11) is 1.28. The van der Waals surface area contributed by atoms with Gasteiger partial charge in [-0.1, -0.05) is 56.3 Å². The average molecular weight is 521 g/mol. The minimum Gasteiger partial charge on any atom is -0.459 e. The van der Waals surface area contributed by atoms with Crippen molar-refractivity contribution in [3.8, 4) is 0 Å². The lowest BCUT2D eigenvalue weighted by molar-refractivity contribution is -0.151. The number of rotatable bonds is 13. The lowest BCUT2D eigenvalue weighted by Gasteiger charge is -2.28. The quantitative estimate of drug-likeness (QED) is 0.222. The Morgan fingerprint density at radius 1 is 1.11 bits per heavy atom. The predicted molar refractivity (Wildman–Crippen MR) is 136 cm³/mol. The second-order valence-electron chi connectivity index (χ2n) is 9.60. The lowest BCUT2D eigenvalue weighted by atomic mass is 9.99. The summed E-state index contributed by atoms with van der Waals surface area (Å²) >= 11 is 0. The Morgan fingerprint density at radius 3 is 2.46 bits per heavy atom.